The zero-order valence-electron chi connectivity index (χ0n) is 10.2. The number of aromatic nitrogens is 2. The van der Waals surface area contributed by atoms with Gasteiger partial charge in [0.05, 0.1) is 5.69 Å². The van der Waals surface area contributed by atoms with Crippen LogP contribution in [0.4, 0.5) is 14.6 Å². The van der Waals surface area contributed by atoms with Gasteiger partial charge in [-0.2, -0.15) is 0 Å². The van der Waals surface area contributed by atoms with E-state index in [0.29, 0.717) is 23.6 Å². The smallest absolute Gasteiger partial charge is 0.168 e. The summed E-state index contributed by atoms with van der Waals surface area (Å²) in [4.78, 5) is 8.10. The predicted octanol–water partition coefficient (Wildman–Crippen LogP) is 3.16. The highest BCUT2D eigenvalue weighted by molar-refractivity contribution is 5.68. The monoisotopic (exact) mass is 249 g/mol. The largest absolute Gasteiger partial charge is 0.370 e. The summed E-state index contributed by atoms with van der Waals surface area (Å²) in [7, 11) is 0. The van der Waals surface area contributed by atoms with Gasteiger partial charge in [-0.05, 0) is 26.0 Å². The number of benzene rings is 1. The van der Waals surface area contributed by atoms with Gasteiger partial charge in [0.25, 0.3) is 0 Å². The Balaban J connectivity index is 2.57. The fraction of sp³-hybridized carbons (Fsp3) is 0.231. The molecule has 0 bridgehead atoms. The first kappa shape index (κ1) is 12.4. The first-order valence-electron chi connectivity index (χ1n) is 5.65. The van der Waals surface area contributed by atoms with Crippen LogP contribution in [0.1, 0.15) is 12.5 Å². The van der Waals surface area contributed by atoms with Gasteiger partial charge in [0, 0.05) is 17.7 Å². The fourth-order valence-electron chi connectivity index (χ4n) is 1.75. The minimum atomic E-state index is -0.887. The minimum Gasteiger partial charge on any atom is -0.370 e. The second-order valence-electron chi connectivity index (χ2n) is 3.83. The molecule has 94 valence electrons. The first-order valence-corrected chi connectivity index (χ1v) is 5.65. The molecule has 0 saturated heterocycles. The molecule has 3 nitrogen and oxygen atoms in total. The van der Waals surface area contributed by atoms with Crippen molar-refractivity contribution in [2.75, 3.05) is 11.9 Å². The van der Waals surface area contributed by atoms with Gasteiger partial charge in [-0.25, -0.2) is 18.7 Å². The fourth-order valence-corrected chi connectivity index (χ4v) is 1.75. The molecule has 18 heavy (non-hydrogen) atoms. The van der Waals surface area contributed by atoms with Gasteiger partial charge in [-0.15, -0.1) is 0 Å². The van der Waals surface area contributed by atoms with Crippen LogP contribution in [0.3, 0.4) is 0 Å². The summed E-state index contributed by atoms with van der Waals surface area (Å²) in [6, 6.07) is 4.05. The quantitative estimate of drug-likeness (QED) is 0.908. The van der Waals surface area contributed by atoms with Crippen molar-refractivity contribution >= 4 is 5.82 Å². The van der Waals surface area contributed by atoms with Crippen molar-refractivity contribution in [3.05, 3.63) is 41.7 Å². The van der Waals surface area contributed by atoms with Crippen molar-refractivity contribution in [1.29, 1.82) is 0 Å². The highest BCUT2D eigenvalue weighted by Crippen LogP contribution is 2.27. The summed E-state index contributed by atoms with van der Waals surface area (Å²) in [5, 5.41) is 3.05. The van der Waals surface area contributed by atoms with Crippen molar-refractivity contribution in [1.82, 2.24) is 9.97 Å². The van der Waals surface area contributed by atoms with Crippen molar-refractivity contribution in [2.45, 2.75) is 13.8 Å². The summed E-state index contributed by atoms with van der Waals surface area (Å²) in [5.74, 6) is -1.14. The van der Waals surface area contributed by atoms with Crippen LogP contribution in [0, 0.1) is 18.6 Å². The van der Waals surface area contributed by atoms with E-state index in [-0.39, 0.29) is 5.56 Å². The van der Waals surface area contributed by atoms with Crippen LogP contribution < -0.4 is 5.32 Å². The zero-order valence-corrected chi connectivity index (χ0v) is 10.2. The molecule has 0 unspecified atom stereocenters. The molecule has 0 radical (unpaired) electrons. The Kier molecular flexibility index (Phi) is 3.50. The molecule has 5 heteroatoms. The number of halogens is 2. The molecule has 0 fully saturated rings. The summed E-state index contributed by atoms with van der Waals surface area (Å²) in [6.45, 7) is 4.41. The minimum absolute atomic E-state index is 0.147. The molecule has 1 aromatic heterocycles. The van der Waals surface area contributed by atoms with E-state index >= 15 is 0 Å². The lowest BCUT2D eigenvalue weighted by Gasteiger charge is -2.10. The lowest BCUT2D eigenvalue weighted by molar-refractivity contribution is 0.511. The van der Waals surface area contributed by atoms with Crippen molar-refractivity contribution < 1.29 is 8.78 Å². The predicted molar refractivity (Wildman–Crippen MR) is 66.3 cm³/mol. The lowest BCUT2D eigenvalue weighted by Crippen LogP contribution is -2.04. The molecule has 0 amide bonds. The Morgan fingerprint density at radius 1 is 1.22 bits per heavy atom. The van der Waals surface area contributed by atoms with Gasteiger partial charge in [0.15, 0.2) is 11.6 Å². The van der Waals surface area contributed by atoms with Crippen LogP contribution in [0.25, 0.3) is 11.3 Å². The van der Waals surface area contributed by atoms with Crippen molar-refractivity contribution in [3.8, 4) is 11.3 Å². The third-order valence-corrected chi connectivity index (χ3v) is 2.64. The molecule has 1 aromatic carbocycles. The molecule has 1 heterocycles. The van der Waals surface area contributed by atoms with E-state index in [1.807, 2.05) is 6.92 Å². The van der Waals surface area contributed by atoms with E-state index in [4.69, 9.17) is 0 Å². The Morgan fingerprint density at radius 2 is 2.00 bits per heavy atom. The highest BCUT2D eigenvalue weighted by atomic mass is 19.2. The molecule has 0 spiro atoms. The molecular formula is C13H13F2N3. The van der Waals surface area contributed by atoms with Crippen LogP contribution >= 0.6 is 0 Å². The highest BCUT2D eigenvalue weighted by Gasteiger charge is 2.15. The Hall–Kier alpha value is -2.04. The third kappa shape index (κ3) is 2.16. The van der Waals surface area contributed by atoms with E-state index in [9.17, 15) is 8.78 Å². The zero-order chi connectivity index (χ0) is 13.1. The number of nitrogens with one attached hydrogen (secondary N) is 1. The number of hydrogen-bond acceptors (Lipinski definition) is 3. The Morgan fingerprint density at radius 3 is 2.72 bits per heavy atom. The lowest BCUT2D eigenvalue weighted by atomic mass is 10.1. The van der Waals surface area contributed by atoms with Gasteiger partial charge >= 0.3 is 0 Å². The van der Waals surface area contributed by atoms with E-state index in [1.165, 1.54) is 18.5 Å². The van der Waals surface area contributed by atoms with Gasteiger partial charge in [-0.3, -0.25) is 0 Å². The Bertz CT molecular complexity index is 570. The van der Waals surface area contributed by atoms with Gasteiger partial charge in [0.2, 0.25) is 0 Å². The van der Waals surface area contributed by atoms with Gasteiger partial charge < -0.3 is 5.32 Å². The van der Waals surface area contributed by atoms with Crippen LogP contribution in [-0.2, 0) is 0 Å². The molecule has 2 aromatic rings. The molecule has 2 rings (SSSR count). The van der Waals surface area contributed by atoms with Crippen molar-refractivity contribution in [3.63, 3.8) is 0 Å². The van der Waals surface area contributed by atoms with E-state index in [1.54, 1.807) is 6.92 Å². The molecule has 1 N–H and O–H groups in total. The maximum absolute atomic E-state index is 13.7. The second-order valence-corrected chi connectivity index (χ2v) is 3.83. The third-order valence-electron chi connectivity index (χ3n) is 2.64. The topological polar surface area (TPSA) is 37.8 Å². The number of anilines is 1. The average molecular weight is 249 g/mol. The normalized spacial score (nSPS) is 10.4. The van der Waals surface area contributed by atoms with E-state index in [2.05, 4.69) is 15.3 Å². The average Bonchev–Trinajstić information content (AvgIpc) is 2.36. The standard InChI is InChI=1S/C13H13F2N3/c1-3-16-13-8(2)12(17-7-18-13)9-5-4-6-10(14)11(9)15/h4-7H,3H2,1-2H3,(H,16,17,18). The second kappa shape index (κ2) is 5.08. The maximum Gasteiger partial charge on any atom is 0.168 e. The summed E-state index contributed by atoms with van der Waals surface area (Å²) < 4.78 is 26.9. The maximum atomic E-state index is 13.7. The molecule has 0 aliphatic carbocycles. The molecule has 0 saturated carbocycles. The van der Waals surface area contributed by atoms with Crippen molar-refractivity contribution in [2.24, 2.45) is 0 Å². The first-order chi connectivity index (χ1) is 8.65. The van der Waals surface area contributed by atoms with Crippen LogP contribution in [0.2, 0.25) is 0 Å². The number of nitrogens with zero attached hydrogens (tertiary/aromatic N) is 2. The van der Waals surface area contributed by atoms with E-state index < -0.39 is 11.6 Å². The van der Waals surface area contributed by atoms with Crippen LogP contribution in [0.5, 0.6) is 0 Å². The summed E-state index contributed by atoms with van der Waals surface area (Å²) in [6.07, 6.45) is 1.34. The van der Waals surface area contributed by atoms with Crippen LogP contribution in [0.15, 0.2) is 24.5 Å². The summed E-state index contributed by atoms with van der Waals surface area (Å²) >= 11 is 0. The Labute approximate surface area is 104 Å². The molecule has 0 atom stereocenters. The van der Waals surface area contributed by atoms with Gasteiger partial charge in [0.1, 0.15) is 12.1 Å². The number of hydrogen-bond donors (Lipinski definition) is 1. The SMILES string of the molecule is CCNc1ncnc(-c2cccc(F)c2F)c1C. The van der Waals surface area contributed by atoms with Crippen LogP contribution in [-0.4, -0.2) is 16.5 Å². The van der Waals surface area contributed by atoms with E-state index in [0.717, 1.165) is 6.07 Å². The number of rotatable bonds is 3. The molecule has 0 aliphatic heterocycles. The molecule has 0 aliphatic rings. The summed E-state index contributed by atoms with van der Waals surface area (Å²) in [5.41, 5.74) is 1.25. The van der Waals surface area contributed by atoms with Gasteiger partial charge in [-0.1, -0.05) is 6.07 Å². The molecular weight excluding hydrogens is 236 g/mol.